The Kier molecular flexibility index (Phi) is 4.54. The van der Waals surface area contributed by atoms with Gasteiger partial charge in [-0.25, -0.2) is 0 Å². The van der Waals surface area contributed by atoms with E-state index in [4.69, 9.17) is 5.11 Å². The van der Waals surface area contributed by atoms with Crippen LogP contribution in [0.15, 0.2) is 0 Å². The molecule has 0 aromatic heterocycles. The molecule has 0 aromatic rings. The van der Waals surface area contributed by atoms with Crippen LogP contribution in [0, 0.1) is 17.3 Å². The standard InChI is InChI=1S/C13H23NO3/c1-4-10(5-2)9(3)11(15)14-8-13(6-7-13)12(16)17/h9-10H,4-8H2,1-3H3,(H,14,15)(H,16,17). The van der Waals surface area contributed by atoms with E-state index in [0.29, 0.717) is 18.8 Å². The molecule has 4 heteroatoms. The van der Waals surface area contributed by atoms with Gasteiger partial charge in [-0.15, -0.1) is 0 Å². The Bertz CT molecular complexity index is 293. The van der Waals surface area contributed by atoms with Gasteiger partial charge in [0.2, 0.25) is 5.91 Å². The highest BCUT2D eigenvalue weighted by Gasteiger charge is 2.50. The van der Waals surface area contributed by atoms with Gasteiger partial charge in [0.1, 0.15) is 0 Å². The molecule has 17 heavy (non-hydrogen) atoms. The van der Waals surface area contributed by atoms with E-state index in [2.05, 4.69) is 19.2 Å². The number of hydrogen-bond donors (Lipinski definition) is 2. The molecular formula is C13H23NO3. The van der Waals surface area contributed by atoms with E-state index in [1.54, 1.807) is 0 Å². The fourth-order valence-corrected chi connectivity index (χ4v) is 2.24. The lowest BCUT2D eigenvalue weighted by Crippen LogP contribution is -2.39. The number of aliphatic carboxylic acids is 1. The van der Waals surface area contributed by atoms with Crippen LogP contribution in [0.4, 0.5) is 0 Å². The highest BCUT2D eigenvalue weighted by atomic mass is 16.4. The number of carboxylic acid groups (broad SMARTS) is 1. The van der Waals surface area contributed by atoms with E-state index in [-0.39, 0.29) is 18.4 Å². The van der Waals surface area contributed by atoms with Crippen LogP contribution in [0.3, 0.4) is 0 Å². The quantitative estimate of drug-likeness (QED) is 0.716. The maximum absolute atomic E-state index is 11.9. The summed E-state index contributed by atoms with van der Waals surface area (Å²) in [6.45, 7) is 6.37. The number of carbonyl (C=O) groups is 2. The van der Waals surface area contributed by atoms with E-state index >= 15 is 0 Å². The highest BCUT2D eigenvalue weighted by molar-refractivity contribution is 5.82. The molecule has 0 saturated heterocycles. The van der Waals surface area contributed by atoms with Crippen molar-refractivity contribution >= 4 is 11.9 Å². The Hall–Kier alpha value is -1.06. The summed E-state index contributed by atoms with van der Waals surface area (Å²) in [6, 6.07) is 0. The summed E-state index contributed by atoms with van der Waals surface area (Å²) in [4.78, 5) is 22.9. The summed E-state index contributed by atoms with van der Waals surface area (Å²) >= 11 is 0. The fraction of sp³-hybridized carbons (Fsp3) is 0.846. The van der Waals surface area contributed by atoms with Crippen LogP contribution in [0.2, 0.25) is 0 Å². The predicted molar refractivity (Wildman–Crippen MR) is 65.5 cm³/mol. The minimum absolute atomic E-state index is 0.00812. The van der Waals surface area contributed by atoms with Crippen molar-refractivity contribution < 1.29 is 14.7 Å². The molecule has 1 rings (SSSR count). The van der Waals surface area contributed by atoms with Crippen molar-refractivity contribution in [1.82, 2.24) is 5.32 Å². The minimum Gasteiger partial charge on any atom is -0.481 e. The molecule has 1 aliphatic carbocycles. The van der Waals surface area contributed by atoms with E-state index in [9.17, 15) is 9.59 Å². The molecule has 1 amide bonds. The molecule has 0 aliphatic heterocycles. The lowest BCUT2D eigenvalue weighted by Gasteiger charge is -2.21. The van der Waals surface area contributed by atoms with Gasteiger partial charge >= 0.3 is 5.97 Å². The van der Waals surface area contributed by atoms with Crippen molar-refractivity contribution in [2.45, 2.75) is 46.5 Å². The maximum atomic E-state index is 11.9. The molecule has 0 radical (unpaired) electrons. The topological polar surface area (TPSA) is 66.4 Å². The van der Waals surface area contributed by atoms with Gasteiger partial charge in [0.25, 0.3) is 0 Å². The third kappa shape index (κ3) is 3.20. The van der Waals surface area contributed by atoms with Gasteiger partial charge in [-0.2, -0.15) is 0 Å². The van der Waals surface area contributed by atoms with Crippen LogP contribution in [0.25, 0.3) is 0 Å². The van der Waals surface area contributed by atoms with Gasteiger partial charge in [0.05, 0.1) is 5.41 Å². The molecule has 0 spiro atoms. The van der Waals surface area contributed by atoms with Crippen molar-refractivity contribution in [2.75, 3.05) is 6.54 Å². The second-order valence-electron chi connectivity index (χ2n) is 5.17. The van der Waals surface area contributed by atoms with Gasteiger partial charge in [-0.1, -0.05) is 33.6 Å². The molecule has 1 atom stereocenters. The number of carbonyl (C=O) groups excluding carboxylic acids is 1. The molecule has 1 unspecified atom stereocenters. The third-order valence-corrected chi connectivity index (χ3v) is 4.08. The highest BCUT2D eigenvalue weighted by Crippen LogP contribution is 2.45. The molecule has 0 bridgehead atoms. The Morgan fingerprint density at radius 1 is 1.29 bits per heavy atom. The van der Waals surface area contributed by atoms with E-state index < -0.39 is 11.4 Å². The first-order valence-corrected chi connectivity index (χ1v) is 6.48. The monoisotopic (exact) mass is 241 g/mol. The second kappa shape index (κ2) is 5.52. The summed E-state index contributed by atoms with van der Waals surface area (Å²) < 4.78 is 0. The van der Waals surface area contributed by atoms with Crippen LogP contribution < -0.4 is 5.32 Å². The molecule has 1 aliphatic rings. The summed E-state index contributed by atoms with van der Waals surface area (Å²) in [7, 11) is 0. The summed E-state index contributed by atoms with van der Waals surface area (Å²) in [5, 5.41) is 11.8. The molecule has 98 valence electrons. The average molecular weight is 241 g/mol. The van der Waals surface area contributed by atoms with E-state index in [1.165, 1.54) is 0 Å². The van der Waals surface area contributed by atoms with Crippen LogP contribution >= 0.6 is 0 Å². The zero-order valence-electron chi connectivity index (χ0n) is 11.0. The normalized spacial score (nSPS) is 18.8. The SMILES string of the molecule is CCC(CC)C(C)C(=O)NCC1(C(=O)O)CC1. The van der Waals surface area contributed by atoms with Crippen LogP contribution in [0.5, 0.6) is 0 Å². The van der Waals surface area contributed by atoms with Gasteiger partial charge in [-0.05, 0) is 18.8 Å². The molecule has 0 heterocycles. The Morgan fingerprint density at radius 3 is 2.18 bits per heavy atom. The zero-order valence-corrected chi connectivity index (χ0v) is 11.0. The summed E-state index contributed by atoms with van der Waals surface area (Å²) in [6.07, 6.45) is 3.33. The molecule has 4 nitrogen and oxygen atoms in total. The van der Waals surface area contributed by atoms with Gasteiger partial charge in [0, 0.05) is 12.5 Å². The number of amides is 1. The fourth-order valence-electron chi connectivity index (χ4n) is 2.24. The van der Waals surface area contributed by atoms with E-state index in [1.807, 2.05) is 6.92 Å². The van der Waals surface area contributed by atoms with Gasteiger partial charge in [0.15, 0.2) is 0 Å². The van der Waals surface area contributed by atoms with Crippen molar-refractivity contribution in [3.8, 4) is 0 Å². The zero-order chi connectivity index (χ0) is 13.1. The molecule has 1 saturated carbocycles. The minimum atomic E-state index is -0.784. The lowest BCUT2D eigenvalue weighted by atomic mass is 9.88. The first-order valence-electron chi connectivity index (χ1n) is 6.48. The van der Waals surface area contributed by atoms with Crippen LogP contribution in [0.1, 0.15) is 46.5 Å². The Labute approximate surface area is 103 Å². The number of rotatable bonds is 7. The largest absolute Gasteiger partial charge is 0.481 e. The number of hydrogen-bond acceptors (Lipinski definition) is 2. The van der Waals surface area contributed by atoms with E-state index in [0.717, 1.165) is 12.8 Å². The summed E-state index contributed by atoms with van der Waals surface area (Å²) in [5.74, 6) is -0.441. The van der Waals surface area contributed by atoms with Crippen molar-refractivity contribution in [3.63, 3.8) is 0 Å². The number of carboxylic acids is 1. The van der Waals surface area contributed by atoms with Crippen molar-refractivity contribution in [2.24, 2.45) is 17.3 Å². The third-order valence-electron chi connectivity index (χ3n) is 4.08. The van der Waals surface area contributed by atoms with Crippen molar-refractivity contribution in [1.29, 1.82) is 0 Å². The second-order valence-corrected chi connectivity index (χ2v) is 5.17. The van der Waals surface area contributed by atoms with Crippen LogP contribution in [-0.4, -0.2) is 23.5 Å². The molecular weight excluding hydrogens is 218 g/mol. The van der Waals surface area contributed by atoms with Gasteiger partial charge in [-0.3, -0.25) is 9.59 Å². The first kappa shape index (κ1) is 14.0. The van der Waals surface area contributed by atoms with Crippen LogP contribution in [-0.2, 0) is 9.59 Å². The predicted octanol–water partition coefficient (Wildman–Crippen LogP) is 2.04. The molecule has 1 fully saturated rings. The average Bonchev–Trinajstić information content (AvgIpc) is 3.08. The first-order chi connectivity index (χ1) is 7.96. The summed E-state index contributed by atoms with van der Waals surface area (Å²) in [5.41, 5.74) is -0.663. The lowest BCUT2D eigenvalue weighted by molar-refractivity contribution is -0.143. The Morgan fingerprint density at radius 2 is 1.82 bits per heavy atom. The van der Waals surface area contributed by atoms with Gasteiger partial charge < -0.3 is 10.4 Å². The smallest absolute Gasteiger partial charge is 0.311 e. The number of nitrogens with one attached hydrogen (secondary N) is 1. The Balaban J connectivity index is 2.42. The molecule has 2 N–H and O–H groups in total. The maximum Gasteiger partial charge on any atom is 0.311 e. The van der Waals surface area contributed by atoms with Crippen molar-refractivity contribution in [3.05, 3.63) is 0 Å². The molecule has 0 aromatic carbocycles.